The third kappa shape index (κ3) is 4.54. The number of carbonyl (C=O) groups excluding carboxylic acids is 1. The van der Waals surface area contributed by atoms with E-state index in [1.165, 1.54) is 31.2 Å². The Morgan fingerprint density at radius 2 is 1.67 bits per heavy atom. The quantitative estimate of drug-likeness (QED) is 0.545. The molecule has 0 aliphatic heterocycles. The van der Waals surface area contributed by atoms with Gasteiger partial charge in [-0.15, -0.1) is 0 Å². The summed E-state index contributed by atoms with van der Waals surface area (Å²) in [5.41, 5.74) is 4.24. The Morgan fingerprint density at radius 3 is 2.00 bits per heavy atom. The van der Waals surface area contributed by atoms with Gasteiger partial charge in [0.15, 0.2) is 5.52 Å². The van der Waals surface area contributed by atoms with Crippen LogP contribution in [0.25, 0.3) is 0 Å². The van der Waals surface area contributed by atoms with Gasteiger partial charge in [0.2, 0.25) is 0 Å². The molecule has 1 aliphatic rings. The van der Waals surface area contributed by atoms with E-state index in [1.807, 2.05) is 32.9 Å². The first-order chi connectivity index (χ1) is 8.43. The molecule has 1 aliphatic carbocycles. The van der Waals surface area contributed by atoms with E-state index >= 15 is 0 Å². The third-order valence-corrected chi connectivity index (χ3v) is 4.12. The van der Waals surface area contributed by atoms with Crippen molar-refractivity contribution < 1.29 is 4.79 Å². The van der Waals surface area contributed by atoms with Crippen molar-refractivity contribution in [1.82, 2.24) is 0 Å². The zero-order valence-electron chi connectivity index (χ0n) is 12.0. The van der Waals surface area contributed by atoms with Gasteiger partial charge in [-0.2, -0.15) is 0 Å². The van der Waals surface area contributed by atoms with Gasteiger partial charge in [0, 0.05) is 5.56 Å². The Bertz CT molecular complexity index is 423. The molecule has 0 aromatic heterocycles. The zero-order valence-corrected chi connectivity index (χ0v) is 13.2. The third-order valence-electron chi connectivity index (χ3n) is 3.83. The Balaban J connectivity index is 0.000000225. The van der Waals surface area contributed by atoms with Crippen LogP contribution >= 0.6 is 9.24 Å². The summed E-state index contributed by atoms with van der Waals surface area (Å²) in [7, 11) is 2.22. The Morgan fingerprint density at radius 1 is 1.17 bits per heavy atom. The Kier molecular flexibility index (Phi) is 6.65. The van der Waals surface area contributed by atoms with E-state index in [0.29, 0.717) is 0 Å². The minimum atomic E-state index is 0.0775. The number of carbonyl (C=O) groups is 1. The van der Waals surface area contributed by atoms with Crippen LogP contribution < -0.4 is 0 Å². The molecule has 0 saturated heterocycles. The molecule has 1 atom stereocenters. The second-order valence-electron chi connectivity index (χ2n) is 5.45. The Labute approximate surface area is 123 Å². The van der Waals surface area contributed by atoms with Crippen LogP contribution in [0, 0.1) is 20.8 Å². The molecule has 1 aromatic rings. The van der Waals surface area contributed by atoms with Gasteiger partial charge in [-0.25, -0.2) is 0 Å². The van der Waals surface area contributed by atoms with Crippen LogP contribution in [0.1, 0.15) is 52.7 Å². The van der Waals surface area contributed by atoms with Crippen LogP contribution in [-0.4, -0.2) is 23.2 Å². The van der Waals surface area contributed by atoms with Crippen molar-refractivity contribution in [3.63, 3.8) is 0 Å². The van der Waals surface area contributed by atoms with Gasteiger partial charge in [-0.1, -0.05) is 21.4 Å². The molecule has 0 heterocycles. The van der Waals surface area contributed by atoms with Crippen molar-refractivity contribution in [2.45, 2.75) is 51.0 Å². The second kappa shape index (κ2) is 7.49. The molecule has 0 N–H and O–H groups in total. The molecule has 1 saturated carbocycles. The van der Waals surface area contributed by atoms with Crippen molar-refractivity contribution in [2.75, 3.05) is 0 Å². The van der Waals surface area contributed by atoms with Crippen molar-refractivity contribution in [3.8, 4) is 0 Å². The molecule has 18 heavy (non-hydrogen) atoms. The van der Waals surface area contributed by atoms with E-state index < -0.39 is 0 Å². The SMILES string of the molecule is Cc1ccc(C)c(C(=O)P)c1C.[Li][CH]1CCCC1. The van der Waals surface area contributed by atoms with Gasteiger partial charge in [0.1, 0.15) is 0 Å². The van der Waals surface area contributed by atoms with Gasteiger partial charge in [0.05, 0.1) is 0 Å². The van der Waals surface area contributed by atoms with Crippen LogP contribution in [0.15, 0.2) is 12.1 Å². The number of benzene rings is 1. The molecule has 0 radical (unpaired) electrons. The summed E-state index contributed by atoms with van der Waals surface area (Å²) >= 11 is 2.34. The molecule has 1 unspecified atom stereocenters. The van der Waals surface area contributed by atoms with Gasteiger partial charge < -0.3 is 0 Å². The molecule has 1 aromatic carbocycles. The van der Waals surface area contributed by atoms with E-state index in [0.717, 1.165) is 21.3 Å². The summed E-state index contributed by atoms with van der Waals surface area (Å²) in [5.74, 6) is 0. The molecule has 2 rings (SSSR count). The summed E-state index contributed by atoms with van der Waals surface area (Å²) < 4.78 is 1.05. The number of hydrogen-bond donors (Lipinski definition) is 0. The van der Waals surface area contributed by atoms with Crippen LogP contribution in [0.4, 0.5) is 0 Å². The number of aryl methyl sites for hydroxylation is 2. The number of hydrogen-bond acceptors (Lipinski definition) is 1. The molecule has 94 valence electrons. The van der Waals surface area contributed by atoms with E-state index in [9.17, 15) is 4.79 Å². The van der Waals surface area contributed by atoms with Crippen LogP contribution in [0.2, 0.25) is 4.59 Å². The molecule has 0 spiro atoms. The summed E-state index contributed by atoms with van der Waals surface area (Å²) in [6.45, 7) is 5.97. The standard InChI is InChI=1S/C10H13OP.C5H9.Li/c1-6-4-5-7(2)9(8(6)3)10(11)12;1-2-4-5-3-1;/h4-5H,12H2,1-3H3;1H,2-5H2;. The van der Waals surface area contributed by atoms with E-state index in [-0.39, 0.29) is 5.52 Å². The summed E-state index contributed by atoms with van der Waals surface area (Å²) in [6.07, 6.45) is 5.95. The van der Waals surface area contributed by atoms with Crippen molar-refractivity contribution >= 4 is 32.5 Å². The summed E-state index contributed by atoms with van der Waals surface area (Å²) in [4.78, 5) is 11.2. The van der Waals surface area contributed by atoms with Crippen molar-refractivity contribution in [2.24, 2.45) is 0 Å². The normalized spacial score (nSPS) is 15.2. The second-order valence-corrected chi connectivity index (χ2v) is 5.98. The zero-order chi connectivity index (χ0) is 13.7. The molecular weight excluding hydrogens is 234 g/mol. The van der Waals surface area contributed by atoms with E-state index in [1.54, 1.807) is 0 Å². The fourth-order valence-electron chi connectivity index (χ4n) is 2.46. The summed E-state index contributed by atoms with van der Waals surface area (Å²) in [6, 6.07) is 4.03. The predicted molar refractivity (Wildman–Crippen MR) is 82.7 cm³/mol. The fourth-order valence-corrected chi connectivity index (χ4v) is 2.90. The first-order valence-corrected chi connectivity index (χ1v) is 7.37. The minimum absolute atomic E-state index is 0.0775. The maximum atomic E-state index is 11.2. The van der Waals surface area contributed by atoms with Gasteiger partial charge >= 0.3 is 48.0 Å². The van der Waals surface area contributed by atoms with E-state index in [2.05, 4.69) is 27.0 Å². The van der Waals surface area contributed by atoms with Crippen molar-refractivity contribution in [3.05, 3.63) is 34.4 Å². The van der Waals surface area contributed by atoms with Crippen LogP contribution in [0.3, 0.4) is 0 Å². The van der Waals surface area contributed by atoms with Crippen LogP contribution in [0.5, 0.6) is 0 Å². The molecule has 0 bridgehead atoms. The predicted octanol–water partition coefficient (Wildman–Crippen LogP) is 4.14. The maximum absolute atomic E-state index is 11.2. The molecule has 1 fully saturated rings. The average molecular weight is 256 g/mol. The van der Waals surface area contributed by atoms with Gasteiger partial charge in [0.25, 0.3) is 0 Å². The molecule has 0 amide bonds. The fraction of sp³-hybridized carbons (Fsp3) is 0.533. The first-order valence-electron chi connectivity index (χ1n) is 6.80. The Hall–Kier alpha value is -0.0826. The van der Waals surface area contributed by atoms with Gasteiger partial charge in [-0.05, 0) is 37.5 Å². The molecule has 3 heteroatoms. The van der Waals surface area contributed by atoms with Crippen LogP contribution in [-0.2, 0) is 0 Å². The topological polar surface area (TPSA) is 17.1 Å². The van der Waals surface area contributed by atoms with E-state index in [4.69, 9.17) is 0 Å². The number of rotatable bonds is 1. The molecule has 1 nitrogen and oxygen atoms in total. The first kappa shape index (κ1) is 16.0. The monoisotopic (exact) mass is 256 g/mol. The van der Waals surface area contributed by atoms with Gasteiger partial charge in [-0.3, -0.25) is 4.79 Å². The molecular formula is C15H22LiOP. The summed E-state index contributed by atoms with van der Waals surface area (Å²) in [5, 5.41) is 0. The van der Waals surface area contributed by atoms with Crippen molar-refractivity contribution in [1.29, 1.82) is 0 Å². The average Bonchev–Trinajstić information content (AvgIpc) is 2.76.